The molecule has 0 saturated carbocycles. The lowest BCUT2D eigenvalue weighted by Gasteiger charge is -2.13. The molecule has 0 aliphatic heterocycles. The first-order chi connectivity index (χ1) is 9.72. The Bertz CT molecular complexity index is 406. The number of hydrazone groups is 1. The van der Waals surface area contributed by atoms with Gasteiger partial charge in [0.05, 0.1) is 6.21 Å². The number of nitrogens with one attached hydrogen (secondary N) is 2. The highest BCUT2D eigenvalue weighted by atomic mass is 32.1. The second-order valence-corrected chi connectivity index (χ2v) is 5.37. The van der Waals surface area contributed by atoms with E-state index < -0.39 is 0 Å². The van der Waals surface area contributed by atoms with Crippen LogP contribution in [0, 0.1) is 5.92 Å². The molecule has 0 unspecified atom stereocenters. The molecule has 0 amide bonds. The largest absolute Gasteiger partial charge is 0.361 e. The van der Waals surface area contributed by atoms with Gasteiger partial charge in [-0.1, -0.05) is 33.1 Å². The maximum absolute atomic E-state index is 5.17. The van der Waals surface area contributed by atoms with Crippen molar-refractivity contribution in [1.82, 2.24) is 15.7 Å². The lowest BCUT2D eigenvalue weighted by atomic mass is 10.0. The Morgan fingerprint density at radius 2 is 2.15 bits per heavy atom. The summed E-state index contributed by atoms with van der Waals surface area (Å²) in [5.74, 6) is 0.630. The van der Waals surface area contributed by atoms with Crippen LogP contribution in [0.2, 0.25) is 0 Å². The SMILES string of the molecule is CCCCC[C@H](C)CNC(=S)N/N=C\c1ccncc1. The molecule has 5 heteroatoms. The molecule has 0 fully saturated rings. The molecule has 110 valence electrons. The summed E-state index contributed by atoms with van der Waals surface area (Å²) in [4.78, 5) is 3.95. The summed E-state index contributed by atoms with van der Waals surface area (Å²) < 4.78 is 0. The Hall–Kier alpha value is -1.49. The molecular weight excluding hydrogens is 268 g/mol. The quantitative estimate of drug-likeness (QED) is 0.334. The lowest BCUT2D eigenvalue weighted by molar-refractivity contribution is 0.487. The van der Waals surface area contributed by atoms with Crippen molar-refractivity contribution in [3.8, 4) is 0 Å². The predicted octanol–water partition coefficient (Wildman–Crippen LogP) is 3.10. The Kier molecular flexibility index (Phi) is 8.54. The number of hydrogen-bond donors (Lipinski definition) is 2. The fraction of sp³-hybridized carbons (Fsp3) is 0.533. The minimum atomic E-state index is 0.567. The first kappa shape index (κ1) is 16.6. The third kappa shape index (κ3) is 7.84. The van der Waals surface area contributed by atoms with E-state index in [4.69, 9.17) is 12.2 Å². The van der Waals surface area contributed by atoms with Crippen LogP contribution in [0.15, 0.2) is 29.6 Å². The minimum Gasteiger partial charge on any atom is -0.361 e. The molecule has 1 heterocycles. The third-order valence-corrected chi connectivity index (χ3v) is 3.23. The standard InChI is InChI=1S/C15H24N4S/c1-3-4-5-6-13(2)11-17-15(20)19-18-12-14-7-9-16-10-8-14/h7-10,12-13H,3-6,11H2,1-2H3,(H2,17,19,20)/b18-12-/t13-/m0/s1. The van der Waals surface area contributed by atoms with Crippen LogP contribution >= 0.6 is 12.2 Å². The average Bonchev–Trinajstić information content (AvgIpc) is 2.46. The number of rotatable bonds is 8. The Balaban J connectivity index is 2.15. The van der Waals surface area contributed by atoms with E-state index in [1.807, 2.05) is 12.1 Å². The number of pyridine rings is 1. The Labute approximate surface area is 127 Å². The zero-order chi connectivity index (χ0) is 14.6. The molecule has 1 aromatic rings. The lowest BCUT2D eigenvalue weighted by Crippen LogP contribution is -2.35. The molecule has 1 atom stereocenters. The second-order valence-electron chi connectivity index (χ2n) is 4.96. The molecule has 0 aromatic carbocycles. The fourth-order valence-corrected chi connectivity index (χ4v) is 1.90. The van der Waals surface area contributed by atoms with E-state index in [1.165, 1.54) is 25.7 Å². The zero-order valence-corrected chi connectivity index (χ0v) is 13.1. The summed E-state index contributed by atoms with van der Waals surface area (Å²) in [5.41, 5.74) is 3.81. The highest BCUT2D eigenvalue weighted by Crippen LogP contribution is 2.07. The maximum atomic E-state index is 5.17. The van der Waals surface area contributed by atoms with Gasteiger partial charge >= 0.3 is 0 Å². The van der Waals surface area contributed by atoms with Gasteiger partial charge in [0.15, 0.2) is 5.11 Å². The van der Waals surface area contributed by atoms with Crippen molar-refractivity contribution in [3.05, 3.63) is 30.1 Å². The molecule has 0 saturated heterocycles. The number of nitrogens with zero attached hydrogens (tertiary/aromatic N) is 2. The smallest absolute Gasteiger partial charge is 0.186 e. The number of hydrogen-bond acceptors (Lipinski definition) is 3. The van der Waals surface area contributed by atoms with Crippen LogP contribution in [0.4, 0.5) is 0 Å². The molecule has 0 bridgehead atoms. The molecular formula is C15H24N4S. The molecule has 0 aliphatic carbocycles. The molecule has 4 nitrogen and oxygen atoms in total. The third-order valence-electron chi connectivity index (χ3n) is 3.00. The average molecular weight is 292 g/mol. The predicted molar refractivity (Wildman–Crippen MR) is 88.9 cm³/mol. The van der Waals surface area contributed by atoms with E-state index in [0.29, 0.717) is 11.0 Å². The van der Waals surface area contributed by atoms with Gasteiger partial charge in [-0.05, 0) is 42.3 Å². The molecule has 0 spiro atoms. The highest BCUT2D eigenvalue weighted by molar-refractivity contribution is 7.80. The molecule has 0 aliphatic rings. The summed E-state index contributed by atoms with van der Waals surface area (Å²) in [6, 6.07) is 3.77. The number of unbranched alkanes of at least 4 members (excludes halogenated alkanes) is 2. The Morgan fingerprint density at radius 3 is 2.85 bits per heavy atom. The summed E-state index contributed by atoms with van der Waals surface area (Å²) in [6.07, 6.45) is 10.3. The van der Waals surface area contributed by atoms with Gasteiger partial charge in [0.25, 0.3) is 0 Å². The van der Waals surface area contributed by atoms with Crippen molar-refractivity contribution in [2.75, 3.05) is 6.54 Å². The van der Waals surface area contributed by atoms with Crippen molar-refractivity contribution in [2.24, 2.45) is 11.0 Å². The first-order valence-electron chi connectivity index (χ1n) is 7.19. The molecule has 1 rings (SSSR count). The van der Waals surface area contributed by atoms with Crippen LogP contribution in [0.3, 0.4) is 0 Å². The topological polar surface area (TPSA) is 49.3 Å². The normalized spacial score (nSPS) is 12.3. The molecule has 2 N–H and O–H groups in total. The minimum absolute atomic E-state index is 0.567. The van der Waals surface area contributed by atoms with Gasteiger partial charge in [0.2, 0.25) is 0 Å². The van der Waals surface area contributed by atoms with E-state index in [9.17, 15) is 0 Å². The van der Waals surface area contributed by atoms with Crippen molar-refractivity contribution >= 4 is 23.5 Å². The van der Waals surface area contributed by atoms with Gasteiger partial charge in [0.1, 0.15) is 0 Å². The maximum Gasteiger partial charge on any atom is 0.186 e. The van der Waals surface area contributed by atoms with Gasteiger partial charge in [-0.2, -0.15) is 5.10 Å². The van der Waals surface area contributed by atoms with E-state index >= 15 is 0 Å². The van der Waals surface area contributed by atoms with Crippen LogP contribution < -0.4 is 10.7 Å². The van der Waals surface area contributed by atoms with Crippen LogP contribution in [0.1, 0.15) is 45.1 Å². The number of aromatic nitrogens is 1. The zero-order valence-electron chi connectivity index (χ0n) is 12.3. The second kappa shape index (κ2) is 10.3. The monoisotopic (exact) mass is 292 g/mol. The molecule has 0 radical (unpaired) electrons. The summed E-state index contributed by atoms with van der Waals surface area (Å²) >= 11 is 5.17. The van der Waals surface area contributed by atoms with E-state index in [0.717, 1.165) is 12.1 Å². The van der Waals surface area contributed by atoms with E-state index in [-0.39, 0.29) is 0 Å². The Morgan fingerprint density at radius 1 is 1.40 bits per heavy atom. The van der Waals surface area contributed by atoms with Crippen molar-refractivity contribution < 1.29 is 0 Å². The van der Waals surface area contributed by atoms with Gasteiger partial charge in [-0.15, -0.1) is 0 Å². The van der Waals surface area contributed by atoms with Crippen LogP contribution in [-0.2, 0) is 0 Å². The first-order valence-corrected chi connectivity index (χ1v) is 7.60. The van der Waals surface area contributed by atoms with Crippen molar-refractivity contribution in [2.45, 2.75) is 39.5 Å². The van der Waals surface area contributed by atoms with Crippen LogP contribution in [0.25, 0.3) is 0 Å². The van der Waals surface area contributed by atoms with Crippen molar-refractivity contribution in [3.63, 3.8) is 0 Å². The fourth-order valence-electron chi connectivity index (χ4n) is 1.77. The highest BCUT2D eigenvalue weighted by Gasteiger charge is 2.02. The van der Waals surface area contributed by atoms with E-state index in [2.05, 4.69) is 34.7 Å². The summed E-state index contributed by atoms with van der Waals surface area (Å²) in [6.45, 7) is 5.36. The van der Waals surface area contributed by atoms with Crippen LogP contribution in [0.5, 0.6) is 0 Å². The van der Waals surface area contributed by atoms with Gasteiger partial charge in [0, 0.05) is 18.9 Å². The summed E-state index contributed by atoms with van der Waals surface area (Å²) in [5, 5.41) is 7.85. The number of thiocarbonyl (C=S) groups is 1. The molecule has 1 aromatic heterocycles. The van der Waals surface area contributed by atoms with E-state index in [1.54, 1.807) is 18.6 Å². The van der Waals surface area contributed by atoms with Crippen molar-refractivity contribution in [1.29, 1.82) is 0 Å². The molecule has 20 heavy (non-hydrogen) atoms. The summed E-state index contributed by atoms with van der Waals surface area (Å²) in [7, 11) is 0. The van der Waals surface area contributed by atoms with Crippen LogP contribution in [-0.4, -0.2) is 22.9 Å². The van der Waals surface area contributed by atoms with Gasteiger partial charge in [-0.25, -0.2) is 0 Å². The van der Waals surface area contributed by atoms with Gasteiger partial charge in [-0.3, -0.25) is 10.4 Å². The van der Waals surface area contributed by atoms with Gasteiger partial charge < -0.3 is 5.32 Å².